The third kappa shape index (κ3) is 4.47. The molecule has 3 rings (SSSR count). The van der Waals surface area contributed by atoms with Crippen LogP contribution in [-0.4, -0.2) is 44.6 Å². The Morgan fingerprint density at radius 3 is 2.33 bits per heavy atom. The molecule has 2 aromatic rings. The summed E-state index contributed by atoms with van der Waals surface area (Å²) in [5.41, 5.74) is 3.37. The van der Waals surface area contributed by atoms with Gasteiger partial charge in [-0.1, -0.05) is 24.3 Å². The first-order chi connectivity index (χ1) is 14.1. The Morgan fingerprint density at radius 2 is 1.70 bits per heavy atom. The van der Waals surface area contributed by atoms with Crippen LogP contribution in [-0.2, 0) is 14.8 Å². The topological polar surface area (TPSA) is 74.8 Å². The van der Waals surface area contributed by atoms with E-state index in [2.05, 4.69) is 0 Å². The number of hydrogen-bond donors (Lipinski definition) is 0. The van der Waals surface area contributed by atoms with Gasteiger partial charge in [0.1, 0.15) is 0 Å². The maximum atomic E-state index is 13.0. The highest BCUT2D eigenvalue weighted by molar-refractivity contribution is 7.89. The van der Waals surface area contributed by atoms with Crippen LogP contribution in [0.4, 0.5) is 5.69 Å². The van der Waals surface area contributed by atoms with Crippen molar-refractivity contribution in [1.29, 1.82) is 0 Å². The fourth-order valence-electron chi connectivity index (χ4n) is 3.84. The van der Waals surface area contributed by atoms with E-state index in [4.69, 9.17) is 0 Å². The second-order valence-corrected chi connectivity index (χ2v) is 9.89. The van der Waals surface area contributed by atoms with Gasteiger partial charge in [0.2, 0.25) is 15.9 Å². The number of amides is 1. The second-order valence-electron chi connectivity index (χ2n) is 7.95. The van der Waals surface area contributed by atoms with Crippen molar-refractivity contribution in [3.63, 3.8) is 0 Å². The van der Waals surface area contributed by atoms with E-state index >= 15 is 0 Å². The molecule has 30 heavy (non-hydrogen) atoms. The van der Waals surface area contributed by atoms with Gasteiger partial charge in [-0.05, 0) is 62.9 Å². The lowest BCUT2D eigenvalue weighted by Gasteiger charge is -2.33. The first-order valence-electron chi connectivity index (χ1n) is 10.1. The number of hydrogen-bond acceptors (Lipinski definition) is 4. The quantitative estimate of drug-likeness (QED) is 0.683. The smallest absolute Gasteiger partial charge is 0.243 e. The van der Waals surface area contributed by atoms with Crippen molar-refractivity contribution in [3.8, 4) is 0 Å². The molecule has 160 valence electrons. The van der Waals surface area contributed by atoms with Crippen molar-refractivity contribution < 1.29 is 18.0 Å². The third-order valence-corrected chi connectivity index (χ3v) is 7.63. The molecule has 0 spiro atoms. The zero-order valence-corrected chi connectivity index (χ0v) is 18.7. The zero-order valence-electron chi connectivity index (χ0n) is 17.9. The molecule has 2 aromatic carbocycles. The highest BCUT2D eigenvalue weighted by Crippen LogP contribution is 2.28. The molecule has 6 nitrogen and oxygen atoms in total. The van der Waals surface area contributed by atoms with E-state index in [1.54, 1.807) is 24.1 Å². The molecule has 1 fully saturated rings. The fraction of sp³-hybridized carbons (Fsp3) is 0.391. The van der Waals surface area contributed by atoms with Gasteiger partial charge in [0.25, 0.3) is 0 Å². The van der Waals surface area contributed by atoms with Gasteiger partial charge in [-0.2, -0.15) is 4.31 Å². The average molecular weight is 429 g/mol. The number of nitrogens with zero attached hydrogens (tertiary/aromatic N) is 2. The number of anilines is 1. The Bertz CT molecular complexity index is 1070. The average Bonchev–Trinajstić information content (AvgIpc) is 2.74. The van der Waals surface area contributed by atoms with Crippen LogP contribution in [0.3, 0.4) is 0 Å². The van der Waals surface area contributed by atoms with Crippen molar-refractivity contribution in [1.82, 2.24) is 4.31 Å². The molecule has 0 N–H and O–H groups in total. The molecule has 0 aliphatic carbocycles. The van der Waals surface area contributed by atoms with Crippen LogP contribution >= 0.6 is 0 Å². The number of Topliss-reactive ketones (excluding diaryl/α,β-unsaturated/α-hetero) is 1. The van der Waals surface area contributed by atoms with E-state index in [-0.39, 0.29) is 35.6 Å². The van der Waals surface area contributed by atoms with E-state index in [0.717, 1.165) is 16.8 Å². The van der Waals surface area contributed by atoms with Gasteiger partial charge in [0, 0.05) is 37.3 Å². The number of rotatable bonds is 5. The molecule has 0 unspecified atom stereocenters. The number of ketones is 1. The fourth-order valence-corrected chi connectivity index (χ4v) is 5.36. The summed E-state index contributed by atoms with van der Waals surface area (Å²) in [6.07, 6.45) is 0.944. The van der Waals surface area contributed by atoms with E-state index in [1.165, 1.54) is 23.4 Å². The standard InChI is InChI=1S/C23H28N2O4S/c1-16-8-9-17(2)22(14-16)24(4)23(27)19-10-12-25(13-11-19)30(28,29)21-7-5-6-20(15-21)18(3)26/h5-9,14-15,19H,10-13H2,1-4H3. The normalized spacial score (nSPS) is 15.7. The van der Waals surface area contributed by atoms with Crippen LogP contribution in [0.15, 0.2) is 47.4 Å². The summed E-state index contributed by atoms with van der Waals surface area (Å²) in [5.74, 6) is -0.380. The summed E-state index contributed by atoms with van der Waals surface area (Å²) < 4.78 is 27.4. The first-order valence-corrected chi connectivity index (χ1v) is 11.5. The minimum Gasteiger partial charge on any atom is -0.315 e. The van der Waals surface area contributed by atoms with Gasteiger partial charge in [-0.15, -0.1) is 0 Å². The predicted molar refractivity (Wildman–Crippen MR) is 117 cm³/mol. The minimum atomic E-state index is -3.70. The van der Waals surface area contributed by atoms with Gasteiger partial charge >= 0.3 is 0 Å². The van der Waals surface area contributed by atoms with E-state index in [9.17, 15) is 18.0 Å². The maximum absolute atomic E-state index is 13.0. The van der Waals surface area contributed by atoms with Crippen LogP contribution in [0.1, 0.15) is 41.3 Å². The highest BCUT2D eigenvalue weighted by Gasteiger charge is 2.33. The van der Waals surface area contributed by atoms with Crippen molar-refractivity contribution in [2.45, 2.75) is 38.5 Å². The van der Waals surface area contributed by atoms with Crippen LogP contribution < -0.4 is 4.90 Å². The number of carbonyl (C=O) groups excluding carboxylic acids is 2. The van der Waals surface area contributed by atoms with Crippen molar-refractivity contribution >= 4 is 27.4 Å². The molecule has 7 heteroatoms. The van der Waals surface area contributed by atoms with Gasteiger partial charge in [0.15, 0.2) is 5.78 Å². The lowest BCUT2D eigenvalue weighted by Crippen LogP contribution is -2.43. The van der Waals surface area contributed by atoms with Crippen LogP contribution in [0.5, 0.6) is 0 Å². The van der Waals surface area contributed by atoms with Gasteiger partial charge < -0.3 is 4.90 Å². The van der Waals surface area contributed by atoms with E-state index in [1.807, 2.05) is 32.0 Å². The van der Waals surface area contributed by atoms with Crippen molar-refractivity contribution in [2.24, 2.45) is 5.92 Å². The largest absolute Gasteiger partial charge is 0.315 e. The molecule has 0 bridgehead atoms. The molecule has 1 aliphatic rings. The summed E-state index contributed by atoms with van der Waals surface area (Å²) in [6.45, 7) is 5.94. The Morgan fingerprint density at radius 1 is 1.03 bits per heavy atom. The SMILES string of the molecule is CC(=O)c1cccc(S(=O)(=O)N2CCC(C(=O)N(C)c3cc(C)ccc3C)CC2)c1. The molecular formula is C23H28N2O4S. The van der Waals surface area contributed by atoms with Crippen LogP contribution in [0.25, 0.3) is 0 Å². The number of aryl methyl sites for hydroxylation is 2. The van der Waals surface area contributed by atoms with Crippen molar-refractivity contribution in [3.05, 3.63) is 59.2 Å². The Balaban J connectivity index is 1.71. The predicted octanol–water partition coefficient (Wildman–Crippen LogP) is 3.57. The summed E-state index contributed by atoms with van der Waals surface area (Å²) in [7, 11) is -1.92. The van der Waals surface area contributed by atoms with Gasteiger partial charge in [0.05, 0.1) is 4.90 Å². The molecule has 1 aliphatic heterocycles. The Hall–Kier alpha value is -2.51. The van der Waals surface area contributed by atoms with E-state index in [0.29, 0.717) is 18.4 Å². The summed E-state index contributed by atoms with van der Waals surface area (Å²) in [6, 6.07) is 12.1. The number of piperidine rings is 1. The minimum absolute atomic E-state index is 0.0133. The van der Waals surface area contributed by atoms with Crippen LogP contribution in [0, 0.1) is 19.8 Å². The number of carbonyl (C=O) groups is 2. The maximum Gasteiger partial charge on any atom is 0.243 e. The van der Waals surface area contributed by atoms with Crippen LogP contribution in [0.2, 0.25) is 0 Å². The van der Waals surface area contributed by atoms with Gasteiger partial charge in [-0.3, -0.25) is 9.59 Å². The molecule has 1 saturated heterocycles. The van der Waals surface area contributed by atoms with E-state index < -0.39 is 10.0 Å². The summed E-state index contributed by atoms with van der Waals surface area (Å²) >= 11 is 0. The zero-order chi connectivity index (χ0) is 22.1. The molecule has 0 radical (unpaired) electrons. The lowest BCUT2D eigenvalue weighted by molar-refractivity contribution is -0.123. The molecule has 1 amide bonds. The molecular weight excluding hydrogens is 400 g/mol. The van der Waals surface area contributed by atoms with Gasteiger partial charge in [-0.25, -0.2) is 8.42 Å². The first kappa shape index (κ1) is 22.2. The molecule has 0 atom stereocenters. The number of sulfonamides is 1. The Kier molecular flexibility index (Phi) is 6.43. The summed E-state index contributed by atoms with van der Waals surface area (Å²) in [5, 5.41) is 0. The monoisotopic (exact) mass is 428 g/mol. The van der Waals surface area contributed by atoms with Crippen molar-refractivity contribution in [2.75, 3.05) is 25.0 Å². The molecule has 1 heterocycles. The highest BCUT2D eigenvalue weighted by atomic mass is 32.2. The molecule has 0 aromatic heterocycles. The second kappa shape index (κ2) is 8.70. The summed E-state index contributed by atoms with van der Waals surface area (Å²) in [4.78, 5) is 26.4. The third-order valence-electron chi connectivity index (χ3n) is 5.74. The molecule has 0 saturated carbocycles. The number of benzene rings is 2. The Labute approximate surface area is 178 Å². The lowest BCUT2D eigenvalue weighted by atomic mass is 9.96.